The predicted octanol–water partition coefficient (Wildman–Crippen LogP) is 1.82. The van der Waals surface area contributed by atoms with Crippen LogP contribution in [0.3, 0.4) is 0 Å². The summed E-state index contributed by atoms with van der Waals surface area (Å²) in [7, 11) is 0. The highest BCUT2D eigenvalue weighted by atomic mass is 16.3. The number of benzene rings is 1. The third kappa shape index (κ3) is 2.94. The van der Waals surface area contributed by atoms with E-state index in [0.717, 1.165) is 33.5 Å². The van der Waals surface area contributed by atoms with Crippen LogP contribution >= 0.6 is 0 Å². The van der Waals surface area contributed by atoms with E-state index in [1.54, 1.807) is 17.3 Å². The van der Waals surface area contributed by atoms with Crippen molar-refractivity contribution in [2.45, 2.75) is 6.54 Å². The molecule has 0 saturated heterocycles. The first-order chi connectivity index (χ1) is 12.2. The van der Waals surface area contributed by atoms with Crippen LogP contribution in [-0.2, 0) is 6.54 Å². The highest BCUT2D eigenvalue weighted by Crippen LogP contribution is 2.28. The monoisotopic (exact) mass is 338 g/mol. The summed E-state index contributed by atoms with van der Waals surface area (Å²) in [5.74, 6) is 0. The molecule has 0 radical (unpaired) electrons. The molecule has 5 N–H and O–H groups in total. The van der Waals surface area contributed by atoms with Gasteiger partial charge in [0.05, 0.1) is 30.6 Å². The van der Waals surface area contributed by atoms with Gasteiger partial charge in [-0.25, -0.2) is 4.79 Å². The summed E-state index contributed by atoms with van der Waals surface area (Å²) in [6, 6.07) is 7.64. The Bertz CT molecular complexity index is 941. The molecule has 0 fully saturated rings. The molecule has 0 unspecified atom stereocenters. The van der Waals surface area contributed by atoms with Gasteiger partial charge in [-0.15, -0.1) is 0 Å². The topological polar surface area (TPSA) is 109 Å². The van der Waals surface area contributed by atoms with Gasteiger partial charge in [0, 0.05) is 41.3 Å². The van der Waals surface area contributed by atoms with Crippen LogP contribution in [0.4, 0.5) is 10.5 Å². The standard InChI is InChI=1S/C17H18N6O2/c24-6-5-19-17(25)23-9-15-13(3-4-18-15)16(10-23)21-12-1-2-14-11(7-12)8-20-22-14/h1-4,7-8,10,18,21,24H,5-6,9H2,(H,19,25)(H,20,22). The Labute approximate surface area is 143 Å². The van der Waals surface area contributed by atoms with Gasteiger partial charge in [0.2, 0.25) is 0 Å². The molecular formula is C17H18N6O2. The van der Waals surface area contributed by atoms with Gasteiger partial charge >= 0.3 is 6.03 Å². The Morgan fingerprint density at radius 3 is 3.16 bits per heavy atom. The fraction of sp³-hybridized carbons (Fsp3) is 0.176. The van der Waals surface area contributed by atoms with E-state index in [2.05, 4.69) is 25.8 Å². The second kappa shape index (κ2) is 6.33. The van der Waals surface area contributed by atoms with Gasteiger partial charge in [-0.3, -0.25) is 10.00 Å². The number of carbonyl (C=O) groups excluding carboxylic acids is 1. The van der Waals surface area contributed by atoms with E-state index in [0.29, 0.717) is 6.54 Å². The molecular weight excluding hydrogens is 320 g/mol. The minimum atomic E-state index is -0.251. The summed E-state index contributed by atoms with van der Waals surface area (Å²) >= 11 is 0. The van der Waals surface area contributed by atoms with E-state index in [4.69, 9.17) is 5.11 Å². The highest BCUT2D eigenvalue weighted by molar-refractivity contribution is 5.87. The number of carbonyl (C=O) groups is 1. The molecule has 128 valence electrons. The van der Waals surface area contributed by atoms with Crippen LogP contribution in [-0.4, -0.2) is 44.4 Å². The Kier molecular flexibility index (Phi) is 3.87. The molecule has 8 heteroatoms. The van der Waals surface area contributed by atoms with Crippen molar-refractivity contribution in [1.29, 1.82) is 0 Å². The molecule has 0 spiro atoms. The van der Waals surface area contributed by atoms with Crippen LogP contribution in [0, 0.1) is 0 Å². The fourth-order valence-corrected chi connectivity index (χ4v) is 2.90. The largest absolute Gasteiger partial charge is 0.395 e. The molecule has 1 aliphatic heterocycles. The lowest BCUT2D eigenvalue weighted by molar-refractivity contribution is 0.207. The zero-order valence-corrected chi connectivity index (χ0v) is 13.4. The number of amides is 2. The average Bonchev–Trinajstić information content (AvgIpc) is 3.27. The lowest BCUT2D eigenvalue weighted by atomic mass is 10.1. The lowest BCUT2D eigenvalue weighted by Crippen LogP contribution is -2.39. The minimum Gasteiger partial charge on any atom is -0.395 e. The first kappa shape index (κ1) is 15.3. The molecule has 0 saturated carbocycles. The molecule has 0 bridgehead atoms. The maximum Gasteiger partial charge on any atom is 0.321 e. The van der Waals surface area contributed by atoms with E-state index in [1.165, 1.54) is 0 Å². The minimum absolute atomic E-state index is 0.0904. The maximum absolute atomic E-state index is 12.2. The van der Waals surface area contributed by atoms with E-state index in [9.17, 15) is 4.79 Å². The molecule has 0 atom stereocenters. The van der Waals surface area contributed by atoms with Crippen molar-refractivity contribution in [2.24, 2.45) is 0 Å². The number of fused-ring (bicyclic) bond motifs is 2. The Balaban J connectivity index is 1.62. The van der Waals surface area contributed by atoms with Crippen molar-refractivity contribution >= 4 is 28.3 Å². The molecule has 8 nitrogen and oxygen atoms in total. The van der Waals surface area contributed by atoms with E-state index in [1.807, 2.05) is 30.5 Å². The molecule has 1 aliphatic rings. The number of hydrogen-bond donors (Lipinski definition) is 5. The lowest BCUT2D eigenvalue weighted by Gasteiger charge is -2.26. The summed E-state index contributed by atoms with van der Waals surface area (Å²) in [6.07, 6.45) is 5.41. The third-order valence-corrected chi connectivity index (χ3v) is 4.10. The number of aliphatic hydroxyl groups excluding tert-OH is 1. The highest BCUT2D eigenvalue weighted by Gasteiger charge is 2.22. The van der Waals surface area contributed by atoms with Crippen LogP contribution in [0.5, 0.6) is 0 Å². The summed E-state index contributed by atoms with van der Waals surface area (Å²) in [5.41, 5.74) is 4.68. The van der Waals surface area contributed by atoms with Crippen molar-refractivity contribution in [2.75, 3.05) is 18.5 Å². The number of urea groups is 1. The number of rotatable bonds is 4. The smallest absolute Gasteiger partial charge is 0.321 e. The molecule has 2 amide bonds. The molecule has 1 aromatic carbocycles. The van der Waals surface area contributed by atoms with Crippen LogP contribution in [0.15, 0.2) is 42.9 Å². The molecule has 3 aromatic rings. The average molecular weight is 338 g/mol. The Morgan fingerprint density at radius 1 is 1.36 bits per heavy atom. The summed E-state index contributed by atoms with van der Waals surface area (Å²) in [6.45, 7) is 0.582. The number of aliphatic hydroxyl groups is 1. The molecule has 4 rings (SSSR count). The van der Waals surface area contributed by atoms with Gasteiger partial charge in [0.15, 0.2) is 0 Å². The van der Waals surface area contributed by atoms with Gasteiger partial charge < -0.3 is 20.7 Å². The zero-order chi connectivity index (χ0) is 17.2. The second-order valence-electron chi connectivity index (χ2n) is 5.79. The zero-order valence-electron chi connectivity index (χ0n) is 13.4. The number of nitrogens with one attached hydrogen (secondary N) is 4. The van der Waals surface area contributed by atoms with Crippen molar-refractivity contribution < 1.29 is 9.90 Å². The van der Waals surface area contributed by atoms with Crippen LogP contribution < -0.4 is 10.6 Å². The second-order valence-corrected chi connectivity index (χ2v) is 5.79. The quantitative estimate of drug-likeness (QED) is 0.500. The summed E-state index contributed by atoms with van der Waals surface area (Å²) in [4.78, 5) is 17.0. The molecule has 2 aromatic heterocycles. The van der Waals surface area contributed by atoms with Crippen LogP contribution in [0.1, 0.15) is 11.3 Å². The fourth-order valence-electron chi connectivity index (χ4n) is 2.90. The first-order valence-corrected chi connectivity index (χ1v) is 7.98. The van der Waals surface area contributed by atoms with Crippen molar-refractivity contribution in [3.05, 3.63) is 54.1 Å². The number of anilines is 1. The molecule has 25 heavy (non-hydrogen) atoms. The number of nitrogens with zero attached hydrogens (tertiary/aromatic N) is 2. The summed E-state index contributed by atoms with van der Waals surface area (Å²) < 4.78 is 0. The Hall–Kier alpha value is -3.26. The maximum atomic E-state index is 12.2. The van der Waals surface area contributed by atoms with Crippen molar-refractivity contribution in [3.8, 4) is 0 Å². The molecule has 0 aliphatic carbocycles. The summed E-state index contributed by atoms with van der Waals surface area (Å²) in [5, 5.41) is 22.9. The van der Waals surface area contributed by atoms with Gasteiger partial charge in [-0.1, -0.05) is 0 Å². The van der Waals surface area contributed by atoms with Crippen LogP contribution in [0.2, 0.25) is 0 Å². The van der Waals surface area contributed by atoms with E-state index >= 15 is 0 Å². The normalized spacial score (nSPS) is 13.5. The number of aromatic amines is 2. The first-order valence-electron chi connectivity index (χ1n) is 7.98. The van der Waals surface area contributed by atoms with Gasteiger partial charge in [-0.05, 0) is 24.3 Å². The molecule has 3 heterocycles. The van der Waals surface area contributed by atoms with Gasteiger partial charge in [-0.2, -0.15) is 5.10 Å². The predicted molar refractivity (Wildman–Crippen MR) is 94.5 cm³/mol. The van der Waals surface area contributed by atoms with Gasteiger partial charge in [0.25, 0.3) is 0 Å². The number of hydrogen-bond acceptors (Lipinski definition) is 4. The van der Waals surface area contributed by atoms with Crippen LogP contribution in [0.25, 0.3) is 16.6 Å². The SMILES string of the molecule is O=C(NCCO)N1C=C(Nc2ccc3[nH]ncc3c2)c2cc[nH]c2C1. The van der Waals surface area contributed by atoms with E-state index < -0.39 is 0 Å². The Morgan fingerprint density at radius 2 is 2.28 bits per heavy atom. The third-order valence-electron chi connectivity index (χ3n) is 4.10. The van der Waals surface area contributed by atoms with Crippen molar-refractivity contribution in [1.82, 2.24) is 25.4 Å². The van der Waals surface area contributed by atoms with E-state index in [-0.39, 0.29) is 19.2 Å². The number of H-pyrrole nitrogens is 2. The van der Waals surface area contributed by atoms with Gasteiger partial charge in [0.1, 0.15) is 0 Å². The number of aromatic nitrogens is 3. The van der Waals surface area contributed by atoms with Crippen molar-refractivity contribution in [3.63, 3.8) is 0 Å².